The maximum atomic E-state index is 9.10. The number of hydrogen-bond donors (Lipinski definition) is 2. The van der Waals surface area contributed by atoms with Crippen molar-refractivity contribution in [3.05, 3.63) is 54.6 Å². The van der Waals surface area contributed by atoms with Crippen molar-refractivity contribution in [2.24, 2.45) is 0 Å². The second kappa shape index (κ2) is 14.2. The second-order valence-corrected chi connectivity index (χ2v) is 7.67. The van der Waals surface area contributed by atoms with Crippen molar-refractivity contribution in [2.45, 2.75) is 44.9 Å². The number of benzene rings is 2. The van der Waals surface area contributed by atoms with Gasteiger partial charge in [0, 0.05) is 0 Å². The molecule has 0 bridgehead atoms. The standard InChI is InChI=1S/C23H31NO.C2H2O4/c1(7-16-24-17-8-4-9-18-24)2-10-19-25-23-15-11-14-22(20-23)21-12-5-3-6-13-21;3-1(4)2(5)6/h3,5-6,11-15,20H,1-2,4,7-10,16-19H2;(H,3,4)(H,5,6). The van der Waals surface area contributed by atoms with Gasteiger partial charge in [0.1, 0.15) is 5.75 Å². The Morgan fingerprint density at radius 3 is 2.10 bits per heavy atom. The molecule has 1 fully saturated rings. The summed E-state index contributed by atoms with van der Waals surface area (Å²) < 4.78 is 5.95. The Balaban J connectivity index is 0.000000501. The van der Waals surface area contributed by atoms with Crippen molar-refractivity contribution >= 4 is 11.9 Å². The predicted octanol–water partition coefficient (Wildman–Crippen LogP) is 4.93. The van der Waals surface area contributed by atoms with Crippen LogP contribution in [0.15, 0.2) is 54.6 Å². The minimum Gasteiger partial charge on any atom is -0.494 e. The minimum absolute atomic E-state index is 0.821. The molecule has 6 nitrogen and oxygen atoms in total. The van der Waals surface area contributed by atoms with Crippen molar-refractivity contribution in [1.82, 2.24) is 4.90 Å². The molecular formula is C25H33NO5. The molecule has 0 aliphatic carbocycles. The molecule has 6 heteroatoms. The Morgan fingerprint density at radius 2 is 1.42 bits per heavy atom. The first-order valence-corrected chi connectivity index (χ1v) is 11.0. The molecule has 1 heterocycles. The van der Waals surface area contributed by atoms with Crippen LogP contribution in [0.25, 0.3) is 11.1 Å². The zero-order valence-corrected chi connectivity index (χ0v) is 18.0. The molecule has 2 N–H and O–H groups in total. The average molecular weight is 428 g/mol. The summed E-state index contributed by atoms with van der Waals surface area (Å²) in [5.41, 5.74) is 2.46. The van der Waals surface area contributed by atoms with Crippen LogP contribution in [0.5, 0.6) is 5.75 Å². The van der Waals surface area contributed by atoms with E-state index in [-0.39, 0.29) is 0 Å². The molecule has 168 valence electrons. The number of nitrogens with zero attached hydrogens (tertiary/aromatic N) is 1. The lowest BCUT2D eigenvalue weighted by molar-refractivity contribution is -0.159. The minimum atomic E-state index is -1.82. The molecule has 0 atom stereocenters. The van der Waals surface area contributed by atoms with Crippen LogP contribution in [0.4, 0.5) is 0 Å². The summed E-state index contributed by atoms with van der Waals surface area (Å²) in [6.45, 7) is 4.75. The molecular weight excluding hydrogens is 394 g/mol. The van der Waals surface area contributed by atoms with Crippen LogP contribution in [0.2, 0.25) is 0 Å². The summed E-state index contributed by atoms with van der Waals surface area (Å²) in [7, 11) is 0. The molecule has 31 heavy (non-hydrogen) atoms. The Labute approximate surface area is 184 Å². The Hall–Kier alpha value is -2.86. The number of carbonyl (C=O) groups is 2. The van der Waals surface area contributed by atoms with E-state index in [9.17, 15) is 0 Å². The van der Waals surface area contributed by atoms with Crippen LogP contribution in [0.1, 0.15) is 44.9 Å². The molecule has 0 aromatic heterocycles. The van der Waals surface area contributed by atoms with Gasteiger partial charge in [0.05, 0.1) is 6.61 Å². The molecule has 1 saturated heterocycles. The zero-order chi connectivity index (χ0) is 22.3. The zero-order valence-electron chi connectivity index (χ0n) is 18.0. The van der Waals surface area contributed by atoms with E-state index in [1.807, 2.05) is 0 Å². The van der Waals surface area contributed by atoms with Gasteiger partial charge in [0.15, 0.2) is 0 Å². The third-order valence-electron chi connectivity index (χ3n) is 5.21. The predicted molar refractivity (Wildman–Crippen MR) is 121 cm³/mol. The van der Waals surface area contributed by atoms with E-state index < -0.39 is 11.9 Å². The first kappa shape index (κ1) is 24.4. The highest BCUT2D eigenvalue weighted by atomic mass is 16.5. The lowest BCUT2D eigenvalue weighted by Gasteiger charge is -2.26. The van der Waals surface area contributed by atoms with E-state index >= 15 is 0 Å². The van der Waals surface area contributed by atoms with Gasteiger partial charge in [-0.1, -0.05) is 61.7 Å². The van der Waals surface area contributed by atoms with Crippen molar-refractivity contribution in [2.75, 3.05) is 26.2 Å². The number of unbranched alkanes of at least 4 members (excludes halogenated alkanes) is 3. The SMILES string of the molecule is O=C(O)C(=O)O.c1ccc(-c2cccc(OCCCCCCN3CCCCC3)c2)cc1. The Morgan fingerprint density at radius 1 is 0.774 bits per heavy atom. The fourth-order valence-electron chi connectivity index (χ4n) is 3.56. The first-order valence-electron chi connectivity index (χ1n) is 11.0. The molecule has 1 aliphatic heterocycles. The van der Waals surface area contributed by atoms with Gasteiger partial charge >= 0.3 is 11.9 Å². The third kappa shape index (κ3) is 10.1. The molecule has 0 amide bonds. The topological polar surface area (TPSA) is 87.1 Å². The highest BCUT2D eigenvalue weighted by Gasteiger charge is 2.08. The van der Waals surface area contributed by atoms with Gasteiger partial charge in [-0.15, -0.1) is 0 Å². The summed E-state index contributed by atoms with van der Waals surface area (Å²) >= 11 is 0. The quantitative estimate of drug-likeness (QED) is 0.436. The van der Waals surface area contributed by atoms with Gasteiger partial charge in [0.25, 0.3) is 0 Å². The second-order valence-electron chi connectivity index (χ2n) is 7.67. The maximum absolute atomic E-state index is 9.10. The number of piperidine rings is 1. The van der Waals surface area contributed by atoms with E-state index in [0.717, 1.165) is 18.8 Å². The number of ether oxygens (including phenoxy) is 1. The Bertz CT molecular complexity index is 776. The molecule has 0 unspecified atom stereocenters. The van der Waals surface area contributed by atoms with Gasteiger partial charge < -0.3 is 19.8 Å². The summed E-state index contributed by atoms with van der Waals surface area (Å²) in [6, 6.07) is 18.9. The number of rotatable bonds is 9. The number of likely N-dealkylation sites (tertiary alicyclic amines) is 1. The van der Waals surface area contributed by atoms with E-state index in [2.05, 4.69) is 59.5 Å². The van der Waals surface area contributed by atoms with E-state index in [4.69, 9.17) is 24.5 Å². The largest absolute Gasteiger partial charge is 0.494 e. The number of hydrogen-bond acceptors (Lipinski definition) is 4. The smallest absolute Gasteiger partial charge is 0.414 e. The molecule has 0 spiro atoms. The summed E-state index contributed by atoms with van der Waals surface area (Å²) in [5, 5.41) is 14.8. The third-order valence-corrected chi connectivity index (χ3v) is 5.21. The van der Waals surface area contributed by atoms with Crippen molar-refractivity contribution in [1.29, 1.82) is 0 Å². The molecule has 2 aromatic rings. The average Bonchev–Trinajstić information content (AvgIpc) is 2.80. The van der Waals surface area contributed by atoms with E-state index in [1.165, 1.54) is 69.3 Å². The molecule has 0 radical (unpaired) electrons. The van der Waals surface area contributed by atoms with E-state index in [0.29, 0.717) is 0 Å². The van der Waals surface area contributed by atoms with Crippen molar-refractivity contribution < 1.29 is 24.5 Å². The molecule has 0 saturated carbocycles. The summed E-state index contributed by atoms with van der Waals surface area (Å²) in [5.74, 6) is -2.67. The molecule has 2 aromatic carbocycles. The number of carboxylic acids is 2. The highest BCUT2D eigenvalue weighted by molar-refractivity contribution is 6.27. The highest BCUT2D eigenvalue weighted by Crippen LogP contribution is 2.23. The van der Waals surface area contributed by atoms with Gasteiger partial charge in [-0.3, -0.25) is 0 Å². The monoisotopic (exact) mass is 427 g/mol. The van der Waals surface area contributed by atoms with Gasteiger partial charge in [0.2, 0.25) is 0 Å². The summed E-state index contributed by atoms with van der Waals surface area (Å²) in [6.07, 6.45) is 9.31. The van der Waals surface area contributed by atoms with Crippen LogP contribution in [0, 0.1) is 0 Å². The van der Waals surface area contributed by atoms with Gasteiger partial charge in [-0.2, -0.15) is 0 Å². The fraction of sp³-hybridized carbons (Fsp3) is 0.440. The molecule has 1 aliphatic rings. The lowest BCUT2D eigenvalue weighted by atomic mass is 10.1. The normalized spacial score (nSPS) is 13.7. The van der Waals surface area contributed by atoms with Crippen LogP contribution in [-0.4, -0.2) is 53.3 Å². The first-order chi connectivity index (χ1) is 15.1. The van der Waals surface area contributed by atoms with Gasteiger partial charge in [-0.05, 0) is 68.6 Å². The van der Waals surface area contributed by atoms with Crippen molar-refractivity contribution in [3.63, 3.8) is 0 Å². The molecule has 3 rings (SSSR count). The van der Waals surface area contributed by atoms with Crippen LogP contribution < -0.4 is 4.74 Å². The lowest BCUT2D eigenvalue weighted by Crippen LogP contribution is -2.30. The van der Waals surface area contributed by atoms with Crippen LogP contribution in [-0.2, 0) is 9.59 Å². The Kier molecular flexibility index (Phi) is 11.2. The maximum Gasteiger partial charge on any atom is 0.414 e. The van der Waals surface area contributed by atoms with Crippen molar-refractivity contribution in [3.8, 4) is 16.9 Å². The fourth-order valence-corrected chi connectivity index (χ4v) is 3.56. The van der Waals surface area contributed by atoms with Crippen LogP contribution >= 0.6 is 0 Å². The number of aliphatic carboxylic acids is 2. The van der Waals surface area contributed by atoms with Crippen LogP contribution in [0.3, 0.4) is 0 Å². The summed E-state index contributed by atoms with van der Waals surface area (Å²) in [4.78, 5) is 20.8. The number of carboxylic acid groups (broad SMARTS) is 2. The van der Waals surface area contributed by atoms with E-state index in [1.54, 1.807) is 0 Å². The van der Waals surface area contributed by atoms with Gasteiger partial charge in [-0.25, -0.2) is 9.59 Å².